The maximum Gasteiger partial charge on any atom is 0.228 e. The number of piperidine rings is 1. The molecule has 8 nitrogen and oxygen atoms in total. The van der Waals surface area contributed by atoms with Gasteiger partial charge in [0, 0.05) is 43.7 Å². The molecule has 1 aliphatic rings. The van der Waals surface area contributed by atoms with Gasteiger partial charge in [-0.3, -0.25) is 0 Å². The molecule has 0 spiro atoms. The molecule has 0 aliphatic carbocycles. The lowest BCUT2D eigenvalue weighted by Crippen LogP contribution is -2.35. The normalized spacial score (nSPS) is 17.1. The van der Waals surface area contributed by atoms with E-state index < -0.39 is 0 Å². The molecular weight excluding hydrogens is 328 g/mol. The minimum atomic E-state index is 0.331. The van der Waals surface area contributed by atoms with Crippen LogP contribution in [-0.4, -0.2) is 43.0 Å². The first kappa shape index (κ1) is 16.3. The van der Waals surface area contributed by atoms with Gasteiger partial charge in [0.05, 0.1) is 5.69 Å². The molecule has 1 aliphatic heterocycles. The molecular formula is C18H20N8. The fourth-order valence-corrected chi connectivity index (χ4v) is 3.24. The van der Waals surface area contributed by atoms with E-state index in [2.05, 4.69) is 40.1 Å². The van der Waals surface area contributed by atoms with Crippen LogP contribution >= 0.6 is 0 Å². The van der Waals surface area contributed by atoms with Crippen molar-refractivity contribution in [1.82, 2.24) is 29.9 Å². The van der Waals surface area contributed by atoms with Crippen molar-refractivity contribution in [3.63, 3.8) is 0 Å². The summed E-state index contributed by atoms with van der Waals surface area (Å²) >= 11 is 0. The van der Waals surface area contributed by atoms with Crippen molar-refractivity contribution in [3.8, 4) is 0 Å². The van der Waals surface area contributed by atoms with E-state index in [4.69, 9.17) is 0 Å². The molecule has 3 aromatic heterocycles. The van der Waals surface area contributed by atoms with Gasteiger partial charge in [0.15, 0.2) is 0 Å². The number of hydrogen-bond donors (Lipinski definition) is 1. The van der Waals surface area contributed by atoms with Gasteiger partial charge in [-0.05, 0) is 31.9 Å². The summed E-state index contributed by atoms with van der Waals surface area (Å²) in [6.07, 6.45) is 8.97. The van der Waals surface area contributed by atoms with Gasteiger partial charge in [-0.1, -0.05) is 0 Å². The number of anilines is 3. The Balaban J connectivity index is 1.55. The quantitative estimate of drug-likeness (QED) is 0.769. The molecule has 0 aromatic carbocycles. The molecule has 3 aromatic rings. The van der Waals surface area contributed by atoms with E-state index in [0.717, 1.165) is 49.1 Å². The molecule has 0 radical (unpaired) electrons. The monoisotopic (exact) mass is 348 g/mol. The first-order chi connectivity index (χ1) is 12.8. The van der Waals surface area contributed by atoms with Crippen molar-refractivity contribution in [2.24, 2.45) is 0 Å². The van der Waals surface area contributed by atoms with Crippen LogP contribution in [0.1, 0.15) is 30.3 Å². The Labute approximate surface area is 151 Å². The van der Waals surface area contributed by atoms with E-state index in [0.29, 0.717) is 11.9 Å². The number of nitrogens with one attached hydrogen (secondary N) is 1. The number of hydrogen-bond acceptors (Lipinski definition) is 8. The van der Waals surface area contributed by atoms with Gasteiger partial charge < -0.3 is 10.2 Å². The predicted octanol–water partition coefficient (Wildman–Crippen LogP) is 2.49. The first-order valence-electron chi connectivity index (χ1n) is 8.68. The Morgan fingerprint density at radius 2 is 2.00 bits per heavy atom. The molecule has 4 heterocycles. The molecule has 1 atom stereocenters. The third-order valence-corrected chi connectivity index (χ3v) is 4.39. The van der Waals surface area contributed by atoms with Crippen LogP contribution in [0.15, 0.2) is 43.1 Å². The molecule has 26 heavy (non-hydrogen) atoms. The summed E-state index contributed by atoms with van der Waals surface area (Å²) in [5.41, 5.74) is 1.04. The SMILES string of the molecule is Cc1nc(Nc2ncccn2)cc([C@@H]2CCCN(c3ccncn3)C2)n1. The Morgan fingerprint density at radius 3 is 2.81 bits per heavy atom. The van der Waals surface area contributed by atoms with Crippen molar-refractivity contribution in [1.29, 1.82) is 0 Å². The third kappa shape index (κ3) is 3.74. The summed E-state index contributed by atoms with van der Waals surface area (Å²) in [6, 6.07) is 5.73. The summed E-state index contributed by atoms with van der Waals surface area (Å²) in [5.74, 6) is 3.28. The lowest BCUT2D eigenvalue weighted by Gasteiger charge is -2.33. The molecule has 1 fully saturated rings. The minimum Gasteiger partial charge on any atom is -0.356 e. The molecule has 0 saturated carbocycles. The molecule has 132 valence electrons. The Kier molecular flexibility index (Phi) is 4.63. The van der Waals surface area contributed by atoms with E-state index in [1.54, 1.807) is 31.0 Å². The van der Waals surface area contributed by atoms with Crippen LogP contribution in [-0.2, 0) is 0 Å². The second-order valence-electron chi connectivity index (χ2n) is 6.28. The zero-order chi connectivity index (χ0) is 17.8. The summed E-state index contributed by atoms with van der Waals surface area (Å²) in [5, 5.41) is 3.16. The standard InChI is InChI=1S/C18H20N8/c1-13-23-15(10-16(24-13)25-18-20-6-3-7-21-18)14-4-2-9-26(11-14)17-5-8-19-12-22-17/h3,5-8,10,12,14H,2,4,9,11H2,1H3,(H,20,21,23,24,25)/t14-/m1/s1. The number of aromatic nitrogens is 6. The summed E-state index contributed by atoms with van der Waals surface area (Å²) < 4.78 is 0. The molecule has 8 heteroatoms. The summed E-state index contributed by atoms with van der Waals surface area (Å²) in [4.78, 5) is 28.2. The van der Waals surface area contributed by atoms with Gasteiger partial charge in [0.25, 0.3) is 0 Å². The van der Waals surface area contributed by atoms with Crippen molar-refractivity contribution < 1.29 is 0 Å². The smallest absolute Gasteiger partial charge is 0.228 e. The molecule has 0 unspecified atom stereocenters. The zero-order valence-electron chi connectivity index (χ0n) is 14.6. The lowest BCUT2D eigenvalue weighted by atomic mass is 9.94. The molecule has 0 amide bonds. The van der Waals surface area contributed by atoms with E-state index in [1.807, 2.05) is 19.1 Å². The zero-order valence-corrected chi connectivity index (χ0v) is 14.6. The number of rotatable bonds is 4. The van der Waals surface area contributed by atoms with Crippen molar-refractivity contribution in [3.05, 3.63) is 54.6 Å². The average Bonchev–Trinajstić information content (AvgIpc) is 2.69. The van der Waals surface area contributed by atoms with E-state index >= 15 is 0 Å². The second-order valence-corrected chi connectivity index (χ2v) is 6.28. The number of nitrogens with zero attached hydrogens (tertiary/aromatic N) is 7. The van der Waals surface area contributed by atoms with Crippen molar-refractivity contribution >= 4 is 17.6 Å². The minimum absolute atomic E-state index is 0.331. The van der Waals surface area contributed by atoms with Crippen LogP contribution in [0.2, 0.25) is 0 Å². The maximum absolute atomic E-state index is 4.68. The van der Waals surface area contributed by atoms with Gasteiger partial charge in [-0.15, -0.1) is 0 Å². The van der Waals surface area contributed by atoms with Gasteiger partial charge in [-0.2, -0.15) is 0 Å². The Hall–Kier alpha value is -3.16. The van der Waals surface area contributed by atoms with Crippen LogP contribution in [0, 0.1) is 6.92 Å². The van der Waals surface area contributed by atoms with Crippen molar-refractivity contribution in [2.45, 2.75) is 25.7 Å². The van der Waals surface area contributed by atoms with E-state index in [9.17, 15) is 0 Å². The van der Waals surface area contributed by atoms with Crippen LogP contribution in [0.5, 0.6) is 0 Å². The van der Waals surface area contributed by atoms with E-state index in [-0.39, 0.29) is 0 Å². The van der Waals surface area contributed by atoms with Crippen LogP contribution in [0.3, 0.4) is 0 Å². The average molecular weight is 348 g/mol. The number of aryl methyl sites for hydroxylation is 1. The van der Waals surface area contributed by atoms with Crippen LogP contribution < -0.4 is 10.2 Å². The van der Waals surface area contributed by atoms with Gasteiger partial charge in [0.1, 0.15) is 23.8 Å². The fraction of sp³-hybridized carbons (Fsp3) is 0.333. The Bertz CT molecular complexity index is 856. The highest BCUT2D eigenvalue weighted by Crippen LogP contribution is 2.29. The second kappa shape index (κ2) is 7.38. The first-order valence-corrected chi connectivity index (χ1v) is 8.68. The predicted molar refractivity (Wildman–Crippen MR) is 98.3 cm³/mol. The molecule has 0 bridgehead atoms. The van der Waals surface area contributed by atoms with Crippen LogP contribution in [0.25, 0.3) is 0 Å². The molecule has 1 N–H and O–H groups in total. The van der Waals surface area contributed by atoms with E-state index in [1.165, 1.54) is 0 Å². The van der Waals surface area contributed by atoms with Gasteiger partial charge in [0.2, 0.25) is 5.95 Å². The topological polar surface area (TPSA) is 92.6 Å². The van der Waals surface area contributed by atoms with Crippen LogP contribution in [0.4, 0.5) is 17.6 Å². The van der Waals surface area contributed by atoms with Crippen molar-refractivity contribution in [2.75, 3.05) is 23.3 Å². The largest absolute Gasteiger partial charge is 0.356 e. The lowest BCUT2D eigenvalue weighted by molar-refractivity contribution is 0.497. The maximum atomic E-state index is 4.68. The van der Waals surface area contributed by atoms with Gasteiger partial charge in [-0.25, -0.2) is 29.9 Å². The Morgan fingerprint density at radius 1 is 1.12 bits per heavy atom. The highest BCUT2D eigenvalue weighted by molar-refractivity contribution is 5.48. The molecule has 1 saturated heterocycles. The highest BCUT2D eigenvalue weighted by atomic mass is 15.2. The molecule has 4 rings (SSSR count). The van der Waals surface area contributed by atoms with Gasteiger partial charge >= 0.3 is 0 Å². The highest BCUT2D eigenvalue weighted by Gasteiger charge is 2.24. The summed E-state index contributed by atoms with van der Waals surface area (Å²) in [6.45, 7) is 3.79. The summed E-state index contributed by atoms with van der Waals surface area (Å²) in [7, 11) is 0. The third-order valence-electron chi connectivity index (χ3n) is 4.39. The fourth-order valence-electron chi connectivity index (χ4n) is 3.24.